The summed E-state index contributed by atoms with van der Waals surface area (Å²) in [5.41, 5.74) is 5.42. The minimum atomic E-state index is 0.970. The number of aryl methyl sites for hydroxylation is 1. The first-order chi connectivity index (χ1) is 10.8. The second kappa shape index (κ2) is 5.42. The van der Waals surface area contributed by atoms with E-state index in [2.05, 4.69) is 50.5 Å². The van der Waals surface area contributed by atoms with E-state index < -0.39 is 0 Å². The molecule has 1 fully saturated rings. The summed E-state index contributed by atoms with van der Waals surface area (Å²) in [6.45, 7) is 4.24. The van der Waals surface area contributed by atoms with Crippen molar-refractivity contribution < 1.29 is 0 Å². The van der Waals surface area contributed by atoms with Crippen molar-refractivity contribution in [2.24, 2.45) is 7.05 Å². The molecule has 0 saturated carbocycles. The molecule has 22 heavy (non-hydrogen) atoms. The summed E-state index contributed by atoms with van der Waals surface area (Å²) in [6.07, 6.45) is 3.71. The highest BCUT2D eigenvalue weighted by molar-refractivity contribution is 5.79. The molecular formula is C17H19N5. The van der Waals surface area contributed by atoms with Crippen LogP contribution in [0.15, 0.2) is 42.9 Å². The van der Waals surface area contributed by atoms with Crippen LogP contribution in [0.2, 0.25) is 0 Å². The molecule has 0 amide bonds. The van der Waals surface area contributed by atoms with Crippen molar-refractivity contribution in [1.82, 2.24) is 19.9 Å². The Morgan fingerprint density at radius 2 is 1.82 bits per heavy atom. The van der Waals surface area contributed by atoms with Crippen LogP contribution in [0.5, 0.6) is 0 Å². The van der Waals surface area contributed by atoms with Gasteiger partial charge in [0.05, 0.1) is 29.3 Å². The van der Waals surface area contributed by atoms with Crippen LogP contribution in [0.25, 0.3) is 22.3 Å². The highest BCUT2D eigenvalue weighted by Gasteiger charge is 2.11. The van der Waals surface area contributed by atoms with Gasteiger partial charge in [-0.1, -0.05) is 12.1 Å². The largest absolute Gasteiger partial charge is 0.369 e. The summed E-state index contributed by atoms with van der Waals surface area (Å²) in [4.78, 5) is 11.4. The molecular weight excluding hydrogens is 274 g/mol. The molecule has 0 atom stereocenters. The third kappa shape index (κ3) is 2.33. The van der Waals surface area contributed by atoms with Crippen molar-refractivity contribution >= 4 is 16.7 Å². The van der Waals surface area contributed by atoms with Gasteiger partial charge in [-0.05, 0) is 18.2 Å². The molecule has 5 heteroatoms. The van der Waals surface area contributed by atoms with Crippen LogP contribution < -0.4 is 10.2 Å². The van der Waals surface area contributed by atoms with Gasteiger partial charge in [0.15, 0.2) is 0 Å². The number of hydrogen-bond acceptors (Lipinski definition) is 4. The van der Waals surface area contributed by atoms with Gasteiger partial charge in [-0.25, -0.2) is 4.98 Å². The van der Waals surface area contributed by atoms with Gasteiger partial charge in [-0.15, -0.1) is 0 Å². The predicted octanol–water partition coefficient (Wildman–Crippen LogP) is 2.04. The summed E-state index contributed by atoms with van der Waals surface area (Å²) in [6, 6.07) is 10.7. The molecule has 1 N–H and O–H groups in total. The summed E-state index contributed by atoms with van der Waals surface area (Å²) < 4.78 is 1.99. The molecule has 0 aliphatic carbocycles. The molecule has 1 aromatic carbocycles. The zero-order valence-corrected chi connectivity index (χ0v) is 12.7. The molecule has 0 spiro atoms. The number of piperazine rings is 1. The Morgan fingerprint density at radius 1 is 1.05 bits per heavy atom. The van der Waals surface area contributed by atoms with Crippen LogP contribution in [-0.4, -0.2) is 40.7 Å². The number of pyridine rings is 1. The Labute approximate surface area is 129 Å². The van der Waals surface area contributed by atoms with E-state index in [1.165, 1.54) is 5.69 Å². The minimum absolute atomic E-state index is 0.970. The monoisotopic (exact) mass is 293 g/mol. The lowest BCUT2D eigenvalue weighted by molar-refractivity contribution is 0.589. The fourth-order valence-corrected chi connectivity index (χ4v) is 2.95. The average Bonchev–Trinajstić information content (AvgIpc) is 2.96. The molecule has 5 nitrogen and oxygen atoms in total. The van der Waals surface area contributed by atoms with Crippen molar-refractivity contribution in [2.45, 2.75) is 0 Å². The van der Waals surface area contributed by atoms with Crippen molar-refractivity contribution in [3.05, 3.63) is 42.9 Å². The van der Waals surface area contributed by atoms with Crippen molar-refractivity contribution in [3.63, 3.8) is 0 Å². The first-order valence-electron chi connectivity index (χ1n) is 7.64. The number of rotatable bonds is 2. The zero-order valence-electron chi connectivity index (χ0n) is 12.7. The molecule has 1 saturated heterocycles. The van der Waals surface area contributed by atoms with Crippen LogP contribution in [0.3, 0.4) is 0 Å². The fourth-order valence-electron chi connectivity index (χ4n) is 2.95. The number of imidazole rings is 1. The highest BCUT2D eigenvalue weighted by Crippen LogP contribution is 2.24. The van der Waals surface area contributed by atoms with Gasteiger partial charge >= 0.3 is 0 Å². The van der Waals surface area contributed by atoms with E-state index in [1.54, 1.807) is 0 Å². The Balaban J connectivity index is 1.63. The van der Waals surface area contributed by atoms with E-state index in [4.69, 9.17) is 0 Å². The molecule has 0 unspecified atom stereocenters. The number of benzene rings is 1. The lowest BCUT2D eigenvalue weighted by Gasteiger charge is -2.29. The Morgan fingerprint density at radius 3 is 2.59 bits per heavy atom. The number of fused-ring (bicyclic) bond motifs is 1. The van der Waals surface area contributed by atoms with Crippen molar-refractivity contribution in [1.29, 1.82) is 0 Å². The summed E-state index contributed by atoms with van der Waals surface area (Å²) in [5.74, 6) is 0. The highest BCUT2D eigenvalue weighted by atomic mass is 15.2. The number of nitrogens with one attached hydrogen (secondary N) is 1. The molecule has 112 valence electrons. The summed E-state index contributed by atoms with van der Waals surface area (Å²) >= 11 is 0. The predicted molar refractivity (Wildman–Crippen MR) is 89.0 cm³/mol. The van der Waals surface area contributed by atoms with E-state index >= 15 is 0 Å². The van der Waals surface area contributed by atoms with E-state index in [-0.39, 0.29) is 0 Å². The zero-order chi connectivity index (χ0) is 14.9. The van der Waals surface area contributed by atoms with Gasteiger partial charge in [0, 0.05) is 44.5 Å². The smallest absolute Gasteiger partial charge is 0.0956 e. The van der Waals surface area contributed by atoms with E-state index in [0.29, 0.717) is 0 Å². The minimum Gasteiger partial charge on any atom is -0.369 e. The maximum absolute atomic E-state index is 4.57. The molecule has 3 aromatic rings. The first-order valence-corrected chi connectivity index (χ1v) is 7.64. The van der Waals surface area contributed by atoms with E-state index in [1.807, 2.05) is 24.1 Å². The normalized spacial score (nSPS) is 15.4. The molecule has 0 radical (unpaired) electrons. The van der Waals surface area contributed by atoms with Crippen LogP contribution in [0.1, 0.15) is 0 Å². The van der Waals surface area contributed by atoms with Gasteiger partial charge in [0.2, 0.25) is 0 Å². The number of aromatic nitrogens is 3. The molecule has 1 aliphatic rings. The van der Waals surface area contributed by atoms with Crippen molar-refractivity contribution in [2.75, 3.05) is 31.1 Å². The van der Waals surface area contributed by atoms with Gasteiger partial charge in [0.1, 0.15) is 0 Å². The van der Waals surface area contributed by atoms with Gasteiger partial charge in [0.25, 0.3) is 0 Å². The topological polar surface area (TPSA) is 46.0 Å². The average molecular weight is 293 g/mol. The number of hydrogen-bond donors (Lipinski definition) is 1. The van der Waals surface area contributed by atoms with Crippen LogP contribution >= 0.6 is 0 Å². The molecule has 0 bridgehead atoms. The van der Waals surface area contributed by atoms with Crippen molar-refractivity contribution in [3.8, 4) is 11.3 Å². The lowest BCUT2D eigenvalue weighted by Crippen LogP contribution is -2.43. The Kier molecular flexibility index (Phi) is 3.27. The molecule has 3 heterocycles. The summed E-state index contributed by atoms with van der Waals surface area (Å²) in [7, 11) is 1.99. The second-order valence-electron chi connectivity index (χ2n) is 5.70. The van der Waals surface area contributed by atoms with E-state index in [9.17, 15) is 0 Å². The molecule has 1 aliphatic heterocycles. The number of anilines is 1. The maximum Gasteiger partial charge on any atom is 0.0956 e. The Bertz CT molecular complexity index is 784. The quantitative estimate of drug-likeness (QED) is 0.785. The Hall–Kier alpha value is -2.40. The third-order valence-corrected chi connectivity index (χ3v) is 4.26. The van der Waals surface area contributed by atoms with Gasteiger partial charge in [-0.2, -0.15) is 0 Å². The first kappa shape index (κ1) is 13.3. The van der Waals surface area contributed by atoms with Crippen LogP contribution in [-0.2, 0) is 7.05 Å². The molecule has 4 rings (SSSR count). The van der Waals surface area contributed by atoms with E-state index in [0.717, 1.165) is 48.5 Å². The lowest BCUT2D eigenvalue weighted by atomic mass is 10.1. The standard InChI is InChI=1S/C17H19N5/c1-21-12-20-16-10-15(19-11-17(16)21)13-2-4-14(5-3-13)22-8-6-18-7-9-22/h2-5,10-12,18H,6-9H2,1H3. The number of nitrogens with zero attached hydrogens (tertiary/aromatic N) is 4. The second-order valence-corrected chi connectivity index (χ2v) is 5.70. The molecule has 2 aromatic heterocycles. The maximum atomic E-state index is 4.57. The fraction of sp³-hybridized carbons (Fsp3) is 0.294. The third-order valence-electron chi connectivity index (χ3n) is 4.26. The van der Waals surface area contributed by atoms with Crippen LogP contribution in [0, 0.1) is 0 Å². The summed E-state index contributed by atoms with van der Waals surface area (Å²) in [5, 5.41) is 3.38. The van der Waals surface area contributed by atoms with Gasteiger partial charge < -0.3 is 14.8 Å². The van der Waals surface area contributed by atoms with Crippen LogP contribution in [0.4, 0.5) is 5.69 Å². The SMILES string of the molecule is Cn1cnc2cc(-c3ccc(N4CCNCC4)cc3)ncc21. The van der Waals surface area contributed by atoms with Gasteiger partial charge in [-0.3, -0.25) is 4.98 Å².